The first kappa shape index (κ1) is 16.6. The first-order valence-corrected chi connectivity index (χ1v) is 8.19. The van der Waals surface area contributed by atoms with Gasteiger partial charge in [0, 0.05) is 31.4 Å². The van der Waals surface area contributed by atoms with Gasteiger partial charge < -0.3 is 15.0 Å². The second-order valence-corrected chi connectivity index (χ2v) is 6.20. The van der Waals surface area contributed by atoms with E-state index in [1.165, 1.54) is 19.3 Å². The Morgan fingerprint density at radius 1 is 1.41 bits per heavy atom. The van der Waals surface area contributed by atoms with E-state index in [1.54, 1.807) is 6.20 Å². The zero-order valence-corrected chi connectivity index (χ0v) is 13.8. The summed E-state index contributed by atoms with van der Waals surface area (Å²) in [7, 11) is 1.89. The molecule has 0 unspecified atom stereocenters. The van der Waals surface area contributed by atoms with Gasteiger partial charge in [-0.3, -0.25) is 0 Å². The number of hydrogen-bond donors (Lipinski definition) is 1. The van der Waals surface area contributed by atoms with Gasteiger partial charge in [0.25, 0.3) is 0 Å². The van der Waals surface area contributed by atoms with Crippen LogP contribution in [0.5, 0.6) is 5.88 Å². The molecule has 1 N–H and O–H groups in total. The number of carbonyl (C=O) groups excluding carboxylic acids is 1. The molecule has 5 heteroatoms. The van der Waals surface area contributed by atoms with E-state index >= 15 is 0 Å². The molecule has 0 spiro atoms. The van der Waals surface area contributed by atoms with Gasteiger partial charge in [0.2, 0.25) is 5.88 Å². The van der Waals surface area contributed by atoms with Crippen molar-refractivity contribution in [3.63, 3.8) is 0 Å². The highest BCUT2D eigenvalue weighted by Gasteiger charge is 2.22. The van der Waals surface area contributed by atoms with Crippen molar-refractivity contribution >= 4 is 6.03 Å². The van der Waals surface area contributed by atoms with Crippen molar-refractivity contribution in [3.05, 3.63) is 23.9 Å². The molecule has 5 nitrogen and oxygen atoms in total. The summed E-state index contributed by atoms with van der Waals surface area (Å²) >= 11 is 0. The van der Waals surface area contributed by atoms with Crippen LogP contribution in [0.1, 0.15) is 51.5 Å². The Bertz CT molecular complexity index is 485. The van der Waals surface area contributed by atoms with E-state index in [2.05, 4.69) is 10.3 Å². The van der Waals surface area contributed by atoms with Gasteiger partial charge in [-0.1, -0.05) is 25.3 Å². The number of aromatic nitrogens is 1. The predicted octanol–water partition coefficient (Wildman–Crippen LogP) is 3.34. The molecule has 0 aliphatic heterocycles. The maximum Gasteiger partial charge on any atom is 0.317 e. The molecule has 0 atom stereocenters. The van der Waals surface area contributed by atoms with Crippen molar-refractivity contribution in [2.24, 2.45) is 0 Å². The Balaban J connectivity index is 1.90. The van der Waals surface area contributed by atoms with Gasteiger partial charge in [-0.15, -0.1) is 0 Å². The number of pyridine rings is 1. The molecule has 22 heavy (non-hydrogen) atoms. The molecule has 122 valence electrons. The van der Waals surface area contributed by atoms with Crippen LogP contribution in [0.3, 0.4) is 0 Å². The lowest BCUT2D eigenvalue weighted by atomic mass is 9.95. The van der Waals surface area contributed by atoms with Crippen molar-refractivity contribution < 1.29 is 9.53 Å². The van der Waals surface area contributed by atoms with Crippen LogP contribution in [0, 0.1) is 0 Å². The summed E-state index contributed by atoms with van der Waals surface area (Å²) in [6, 6.07) is 4.14. The van der Waals surface area contributed by atoms with Crippen LogP contribution >= 0.6 is 0 Å². The highest BCUT2D eigenvalue weighted by atomic mass is 16.5. The Morgan fingerprint density at radius 2 is 2.14 bits per heavy atom. The van der Waals surface area contributed by atoms with Gasteiger partial charge in [0.05, 0.1) is 6.10 Å². The number of carbonyl (C=O) groups is 1. The highest BCUT2D eigenvalue weighted by Crippen LogP contribution is 2.22. The lowest BCUT2D eigenvalue weighted by Crippen LogP contribution is -2.44. The second kappa shape index (κ2) is 8.01. The van der Waals surface area contributed by atoms with E-state index in [-0.39, 0.29) is 12.1 Å². The van der Waals surface area contributed by atoms with Crippen LogP contribution in [0.4, 0.5) is 4.79 Å². The summed E-state index contributed by atoms with van der Waals surface area (Å²) in [5.41, 5.74) is 0.904. The van der Waals surface area contributed by atoms with E-state index in [0.29, 0.717) is 18.5 Å². The average Bonchev–Trinajstić information content (AvgIpc) is 2.53. The molecular formula is C17H27N3O2. The van der Waals surface area contributed by atoms with Crippen molar-refractivity contribution in [1.29, 1.82) is 0 Å². The second-order valence-electron chi connectivity index (χ2n) is 6.20. The zero-order valence-electron chi connectivity index (χ0n) is 13.8. The number of ether oxygens (including phenoxy) is 1. The van der Waals surface area contributed by atoms with Crippen LogP contribution in [-0.2, 0) is 6.54 Å². The van der Waals surface area contributed by atoms with Crippen LogP contribution < -0.4 is 10.1 Å². The number of rotatable bonds is 5. The van der Waals surface area contributed by atoms with E-state index < -0.39 is 0 Å². The molecule has 1 fully saturated rings. The molecule has 0 saturated heterocycles. The topological polar surface area (TPSA) is 54.5 Å². The normalized spacial score (nSPS) is 15.6. The number of hydrogen-bond acceptors (Lipinski definition) is 3. The number of amides is 2. The highest BCUT2D eigenvalue weighted by molar-refractivity contribution is 5.74. The standard InChI is InChI=1S/C17H27N3O2/c1-13(2)22-16-14(8-7-11-18-16)12-19-17(21)20(3)15-9-5-4-6-10-15/h7-8,11,13,15H,4-6,9-10,12H2,1-3H3,(H,19,21). The Kier molecular flexibility index (Phi) is 6.04. The minimum absolute atomic E-state index is 0.0220. The Hall–Kier alpha value is -1.78. The SMILES string of the molecule is CC(C)Oc1ncccc1CNC(=O)N(C)C1CCCCC1. The monoisotopic (exact) mass is 305 g/mol. The summed E-state index contributed by atoms with van der Waals surface area (Å²) in [6.07, 6.45) is 7.72. The molecule has 1 aliphatic rings. The largest absolute Gasteiger partial charge is 0.475 e. The van der Waals surface area contributed by atoms with Crippen molar-refractivity contribution in [2.75, 3.05) is 7.05 Å². The fraction of sp³-hybridized carbons (Fsp3) is 0.647. The minimum Gasteiger partial charge on any atom is -0.475 e. The fourth-order valence-electron chi connectivity index (χ4n) is 2.82. The van der Waals surface area contributed by atoms with Crippen LogP contribution in [0.2, 0.25) is 0 Å². The molecule has 1 saturated carbocycles. The molecule has 0 radical (unpaired) electrons. The van der Waals surface area contributed by atoms with Crippen molar-refractivity contribution in [3.8, 4) is 5.88 Å². The number of nitrogens with zero attached hydrogens (tertiary/aromatic N) is 2. The molecule has 0 aromatic carbocycles. The van der Waals surface area contributed by atoms with Crippen LogP contribution in [-0.4, -0.2) is 35.1 Å². The van der Waals surface area contributed by atoms with E-state index in [0.717, 1.165) is 18.4 Å². The van der Waals surface area contributed by atoms with Gasteiger partial charge in [-0.2, -0.15) is 0 Å². The van der Waals surface area contributed by atoms with E-state index in [9.17, 15) is 4.79 Å². The predicted molar refractivity (Wildman–Crippen MR) is 86.9 cm³/mol. The fourth-order valence-corrected chi connectivity index (χ4v) is 2.82. The van der Waals surface area contributed by atoms with Crippen LogP contribution in [0.15, 0.2) is 18.3 Å². The molecule has 2 rings (SSSR count). The molecule has 2 amide bonds. The number of nitrogens with one attached hydrogen (secondary N) is 1. The van der Waals surface area contributed by atoms with Crippen molar-refractivity contribution in [1.82, 2.24) is 15.2 Å². The molecule has 0 bridgehead atoms. The summed E-state index contributed by atoms with van der Waals surface area (Å²) in [6.45, 7) is 4.37. The molecule has 1 aliphatic carbocycles. The maximum absolute atomic E-state index is 12.3. The van der Waals surface area contributed by atoms with Gasteiger partial charge in [0.1, 0.15) is 0 Å². The van der Waals surface area contributed by atoms with E-state index in [1.807, 2.05) is 37.9 Å². The summed E-state index contributed by atoms with van der Waals surface area (Å²) in [4.78, 5) is 18.4. The first-order valence-electron chi connectivity index (χ1n) is 8.19. The van der Waals surface area contributed by atoms with Gasteiger partial charge in [-0.25, -0.2) is 9.78 Å². The Morgan fingerprint density at radius 3 is 2.82 bits per heavy atom. The summed E-state index contributed by atoms with van der Waals surface area (Å²) < 4.78 is 5.68. The van der Waals surface area contributed by atoms with Gasteiger partial charge in [0.15, 0.2) is 0 Å². The van der Waals surface area contributed by atoms with Gasteiger partial charge in [-0.05, 0) is 32.8 Å². The lowest BCUT2D eigenvalue weighted by molar-refractivity contribution is 0.173. The smallest absolute Gasteiger partial charge is 0.317 e. The van der Waals surface area contributed by atoms with Gasteiger partial charge >= 0.3 is 6.03 Å². The molecule has 1 heterocycles. The molecule has 1 aromatic rings. The maximum atomic E-state index is 12.3. The van der Waals surface area contributed by atoms with Crippen LogP contribution in [0.25, 0.3) is 0 Å². The summed E-state index contributed by atoms with van der Waals surface area (Å²) in [5, 5.41) is 2.98. The zero-order chi connectivity index (χ0) is 15.9. The molecular weight excluding hydrogens is 278 g/mol. The summed E-state index contributed by atoms with van der Waals surface area (Å²) in [5.74, 6) is 0.595. The first-order chi connectivity index (χ1) is 10.6. The lowest BCUT2D eigenvalue weighted by Gasteiger charge is -2.31. The molecule has 1 aromatic heterocycles. The Labute approximate surface area is 133 Å². The quantitative estimate of drug-likeness (QED) is 0.907. The minimum atomic E-state index is -0.0220. The average molecular weight is 305 g/mol. The third-order valence-electron chi connectivity index (χ3n) is 4.07. The van der Waals surface area contributed by atoms with Crippen molar-refractivity contribution in [2.45, 2.75) is 64.6 Å². The third-order valence-corrected chi connectivity index (χ3v) is 4.07. The van der Waals surface area contributed by atoms with E-state index in [4.69, 9.17) is 4.74 Å². The third kappa shape index (κ3) is 4.61. The number of urea groups is 1.